The van der Waals surface area contributed by atoms with Crippen LogP contribution >= 0.6 is 0 Å². The van der Waals surface area contributed by atoms with Gasteiger partial charge in [0, 0.05) is 0 Å². The smallest absolute Gasteiger partial charge is 0.478 e. The molecule has 2 atom stereocenters. The zero-order valence-electron chi connectivity index (χ0n) is 9.27. The predicted molar refractivity (Wildman–Crippen MR) is 55.4 cm³/mol. The second kappa shape index (κ2) is 3.74. The second-order valence-electron chi connectivity index (χ2n) is 4.20. The van der Waals surface area contributed by atoms with E-state index in [1.807, 2.05) is 0 Å². The standard InChI is InChI=1S/C12H7F3O4/c13-12(14,15)19-5-1-2-6-7(3-5)10-8(11(16)17)4-9(6)18-10/h1-4,9-10H,(H,16,17)/t9-,10-/m1/s1. The Morgan fingerprint density at radius 3 is 2.68 bits per heavy atom. The van der Waals surface area contributed by atoms with E-state index in [0.717, 1.165) is 0 Å². The van der Waals surface area contributed by atoms with Crippen molar-refractivity contribution in [2.24, 2.45) is 0 Å². The maximum absolute atomic E-state index is 12.1. The van der Waals surface area contributed by atoms with Crippen molar-refractivity contribution in [2.75, 3.05) is 0 Å². The first-order chi connectivity index (χ1) is 8.85. The SMILES string of the molecule is O=C(O)C1=C[C@H]2O[C@@H]1c1cc(OC(F)(F)F)ccc12. The van der Waals surface area contributed by atoms with Gasteiger partial charge in [-0.1, -0.05) is 6.07 Å². The molecule has 2 bridgehead atoms. The molecule has 0 spiro atoms. The molecule has 7 heteroatoms. The van der Waals surface area contributed by atoms with Gasteiger partial charge in [-0.2, -0.15) is 0 Å². The highest BCUT2D eigenvalue weighted by molar-refractivity contribution is 5.89. The highest BCUT2D eigenvalue weighted by atomic mass is 19.4. The van der Waals surface area contributed by atoms with E-state index in [0.29, 0.717) is 11.1 Å². The minimum absolute atomic E-state index is 0.0432. The molecule has 1 aromatic rings. The molecule has 19 heavy (non-hydrogen) atoms. The van der Waals surface area contributed by atoms with E-state index in [9.17, 15) is 18.0 Å². The number of fused-ring (bicyclic) bond motifs is 5. The number of benzene rings is 1. The summed E-state index contributed by atoms with van der Waals surface area (Å²) in [5, 5.41) is 8.96. The van der Waals surface area contributed by atoms with Gasteiger partial charge in [0.1, 0.15) is 18.0 Å². The van der Waals surface area contributed by atoms with Crippen molar-refractivity contribution in [3.63, 3.8) is 0 Å². The van der Waals surface area contributed by atoms with E-state index < -0.39 is 24.5 Å². The number of alkyl halides is 3. The van der Waals surface area contributed by atoms with Crippen LogP contribution in [0.25, 0.3) is 0 Å². The van der Waals surface area contributed by atoms with Gasteiger partial charge in [-0.25, -0.2) is 4.79 Å². The van der Waals surface area contributed by atoms with E-state index in [2.05, 4.69) is 4.74 Å². The van der Waals surface area contributed by atoms with Crippen LogP contribution in [0.4, 0.5) is 13.2 Å². The Hall–Kier alpha value is -2.02. The number of aliphatic carboxylic acids is 1. The number of carbonyl (C=O) groups is 1. The largest absolute Gasteiger partial charge is 0.573 e. The lowest BCUT2D eigenvalue weighted by molar-refractivity contribution is -0.274. The molecular weight excluding hydrogens is 265 g/mol. The Morgan fingerprint density at radius 2 is 2.05 bits per heavy atom. The molecule has 0 unspecified atom stereocenters. The van der Waals surface area contributed by atoms with Gasteiger partial charge in [-0.15, -0.1) is 13.2 Å². The van der Waals surface area contributed by atoms with Crippen molar-refractivity contribution >= 4 is 5.97 Å². The molecule has 100 valence electrons. The van der Waals surface area contributed by atoms with Crippen LogP contribution < -0.4 is 4.74 Å². The molecule has 0 aliphatic carbocycles. The van der Waals surface area contributed by atoms with E-state index >= 15 is 0 Å². The normalized spacial score (nSPS) is 24.1. The first-order valence-corrected chi connectivity index (χ1v) is 5.35. The molecule has 0 saturated heterocycles. The zero-order chi connectivity index (χ0) is 13.8. The summed E-state index contributed by atoms with van der Waals surface area (Å²) in [6.45, 7) is 0. The van der Waals surface area contributed by atoms with Crippen molar-refractivity contribution in [3.05, 3.63) is 41.0 Å². The van der Waals surface area contributed by atoms with Crippen LogP contribution in [0.2, 0.25) is 0 Å². The van der Waals surface area contributed by atoms with E-state index in [1.165, 1.54) is 24.3 Å². The van der Waals surface area contributed by atoms with Crippen LogP contribution in [0.5, 0.6) is 5.75 Å². The van der Waals surface area contributed by atoms with Gasteiger partial charge in [0.05, 0.1) is 5.57 Å². The number of hydrogen-bond acceptors (Lipinski definition) is 3. The first-order valence-electron chi connectivity index (χ1n) is 5.35. The summed E-state index contributed by atoms with van der Waals surface area (Å²) in [5.41, 5.74) is 1.12. The van der Waals surface area contributed by atoms with Gasteiger partial charge in [0.15, 0.2) is 0 Å². The van der Waals surface area contributed by atoms with Crippen molar-refractivity contribution in [3.8, 4) is 5.75 Å². The topological polar surface area (TPSA) is 55.8 Å². The van der Waals surface area contributed by atoms with Crippen LogP contribution in [-0.4, -0.2) is 17.4 Å². The summed E-state index contributed by atoms with van der Waals surface area (Å²) < 4.78 is 45.6. The maximum atomic E-state index is 12.1. The van der Waals surface area contributed by atoms with Crippen LogP contribution in [0.1, 0.15) is 23.3 Å². The Bertz CT molecular complexity index is 591. The van der Waals surface area contributed by atoms with Crippen LogP contribution in [0.15, 0.2) is 29.8 Å². The third kappa shape index (κ3) is 1.95. The Labute approximate surface area is 105 Å². The second-order valence-corrected chi connectivity index (χ2v) is 4.20. The number of carboxylic acids is 1. The summed E-state index contributed by atoms with van der Waals surface area (Å²) in [5.74, 6) is -1.52. The lowest BCUT2D eigenvalue weighted by atomic mass is 9.91. The molecule has 2 heterocycles. The van der Waals surface area contributed by atoms with Crippen molar-refractivity contribution in [1.29, 1.82) is 0 Å². The number of halogens is 3. The highest BCUT2D eigenvalue weighted by Crippen LogP contribution is 2.50. The van der Waals surface area contributed by atoms with Gasteiger partial charge in [0.25, 0.3) is 0 Å². The van der Waals surface area contributed by atoms with Crippen molar-refractivity contribution < 1.29 is 32.5 Å². The van der Waals surface area contributed by atoms with Gasteiger partial charge < -0.3 is 14.6 Å². The van der Waals surface area contributed by atoms with Crippen LogP contribution in [0.3, 0.4) is 0 Å². The zero-order valence-corrected chi connectivity index (χ0v) is 9.27. The van der Waals surface area contributed by atoms with Crippen LogP contribution in [-0.2, 0) is 9.53 Å². The van der Waals surface area contributed by atoms with Gasteiger partial charge in [-0.3, -0.25) is 0 Å². The van der Waals surface area contributed by atoms with Gasteiger partial charge in [-0.05, 0) is 29.3 Å². The number of carboxylic acid groups (broad SMARTS) is 1. The van der Waals surface area contributed by atoms with E-state index in [-0.39, 0.29) is 11.3 Å². The van der Waals surface area contributed by atoms with Crippen molar-refractivity contribution in [1.82, 2.24) is 0 Å². The summed E-state index contributed by atoms with van der Waals surface area (Å²) in [7, 11) is 0. The summed E-state index contributed by atoms with van der Waals surface area (Å²) in [6, 6.07) is 3.81. The fourth-order valence-electron chi connectivity index (χ4n) is 2.33. The molecule has 0 aromatic heterocycles. The Balaban J connectivity index is 1.95. The summed E-state index contributed by atoms with van der Waals surface area (Å²) >= 11 is 0. The van der Waals surface area contributed by atoms with E-state index in [4.69, 9.17) is 9.84 Å². The fraction of sp³-hybridized carbons (Fsp3) is 0.250. The quantitative estimate of drug-likeness (QED) is 0.899. The lowest BCUT2D eigenvalue weighted by Gasteiger charge is -2.14. The van der Waals surface area contributed by atoms with Gasteiger partial charge >= 0.3 is 12.3 Å². The fourth-order valence-corrected chi connectivity index (χ4v) is 2.33. The van der Waals surface area contributed by atoms with Crippen LogP contribution in [0, 0.1) is 0 Å². The molecule has 0 saturated carbocycles. The molecule has 4 nitrogen and oxygen atoms in total. The molecular formula is C12H7F3O4. The first kappa shape index (κ1) is 12.0. The average molecular weight is 272 g/mol. The molecule has 1 aromatic carbocycles. The lowest BCUT2D eigenvalue weighted by Crippen LogP contribution is -2.17. The Morgan fingerprint density at radius 1 is 1.32 bits per heavy atom. The van der Waals surface area contributed by atoms with Crippen molar-refractivity contribution in [2.45, 2.75) is 18.6 Å². The average Bonchev–Trinajstić information content (AvgIpc) is 2.84. The third-order valence-electron chi connectivity index (χ3n) is 3.02. The number of hydrogen-bond donors (Lipinski definition) is 1. The highest BCUT2D eigenvalue weighted by Gasteiger charge is 2.42. The molecule has 3 rings (SSSR count). The van der Waals surface area contributed by atoms with E-state index in [1.54, 1.807) is 0 Å². The molecule has 2 aliphatic rings. The molecule has 2 aliphatic heterocycles. The monoisotopic (exact) mass is 272 g/mol. The molecule has 0 fully saturated rings. The van der Waals surface area contributed by atoms with Gasteiger partial charge in [0.2, 0.25) is 0 Å². The molecule has 1 N–H and O–H groups in total. The summed E-state index contributed by atoms with van der Waals surface area (Å²) in [4.78, 5) is 11.0. The summed E-state index contributed by atoms with van der Waals surface area (Å²) in [6.07, 6.45) is -4.65. The Kier molecular flexibility index (Phi) is 2.37. The maximum Gasteiger partial charge on any atom is 0.573 e. The molecule has 0 amide bonds. The minimum atomic E-state index is -4.78. The minimum Gasteiger partial charge on any atom is -0.478 e. The third-order valence-corrected chi connectivity index (χ3v) is 3.02. The number of ether oxygens (including phenoxy) is 2. The predicted octanol–water partition coefficient (Wildman–Crippen LogP) is 2.72. The molecule has 0 radical (unpaired) electrons. The number of rotatable bonds is 2.